The van der Waals surface area contributed by atoms with Gasteiger partial charge in [0.2, 0.25) is 0 Å². The molecule has 0 bridgehead atoms. The number of rotatable bonds is 2. The van der Waals surface area contributed by atoms with Gasteiger partial charge in [-0.2, -0.15) is 0 Å². The van der Waals surface area contributed by atoms with Crippen molar-refractivity contribution in [2.45, 2.75) is 31.4 Å². The van der Waals surface area contributed by atoms with Crippen LogP contribution in [0.4, 0.5) is 5.69 Å². The van der Waals surface area contributed by atoms with Crippen LogP contribution in [-0.2, 0) is 10.1 Å². The molecule has 3 heteroatoms. The summed E-state index contributed by atoms with van der Waals surface area (Å²) < 4.78 is 5.76. The minimum absolute atomic E-state index is 0.312. The Hall–Kier alpha value is -0.540. The number of halogens is 1. The van der Waals surface area contributed by atoms with Gasteiger partial charge in [0.1, 0.15) is 0 Å². The Bertz CT molecular complexity index is 346. The van der Waals surface area contributed by atoms with Crippen molar-refractivity contribution in [1.29, 1.82) is 0 Å². The molecule has 1 aromatic carbocycles. The molecule has 1 fully saturated rings. The van der Waals surface area contributed by atoms with Gasteiger partial charge in [-0.3, -0.25) is 0 Å². The zero-order valence-electron chi connectivity index (χ0n) is 9.82. The van der Waals surface area contributed by atoms with E-state index >= 15 is 0 Å². The van der Waals surface area contributed by atoms with Crippen molar-refractivity contribution < 1.29 is 4.74 Å². The van der Waals surface area contributed by atoms with Crippen molar-refractivity contribution in [2.24, 2.45) is 0 Å². The molecule has 1 aromatic rings. The lowest BCUT2D eigenvalue weighted by Crippen LogP contribution is -2.45. The number of para-hydroxylation sites is 1. The van der Waals surface area contributed by atoms with Crippen LogP contribution >= 0.6 is 15.9 Å². The highest BCUT2D eigenvalue weighted by Crippen LogP contribution is 2.25. The van der Waals surface area contributed by atoms with Crippen LogP contribution in [0.1, 0.15) is 19.4 Å². The normalized spacial score (nSPS) is 25.8. The first-order valence-corrected chi connectivity index (χ1v) is 6.87. The highest BCUT2D eigenvalue weighted by atomic mass is 79.9. The Labute approximate surface area is 106 Å². The predicted molar refractivity (Wildman–Crippen MR) is 71.3 cm³/mol. The molecular weight excluding hydrogens is 266 g/mol. The summed E-state index contributed by atoms with van der Waals surface area (Å²) in [6.07, 6.45) is 0.624. The molecule has 2 rings (SSSR count). The summed E-state index contributed by atoms with van der Waals surface area (Å²) in [7, 11) is 0. The molecule has 1 aliphatic rings. The lowest BCUT2D eigenvalue weighted by atomic mass is 10.1. The second-order valence-electron chi connectivity index (χ2n) is 4.42. The molecule has 1 aliphatic heterocycles. The van der Waals surface area contributed by atoms with E-state index in [9.17, 15) is 0 Å². The Morgan fingerprint density at radius 2 is 1.88 bits per heavy atom. The second kappa shape index (κ2) is 5.19. The highest BCUT2D eigenvalue weighted by Gasteiger charge is 2.23. The van der Waals surface area contributed by atoms with Crippen LogP contribution in [0.25, 0.3) is 0 Å². The molecule has 2 nitrogen and oxygen atoms in total. The number of benzene rings is 1. The maximum Gasteiger partial charge on any atom is 0.0726 e. The fraction of sp³-hybridized carbons (Fsp3) is 0.538. The molecule has 0 N–H and O–H groups in total. The third-order valence-corrected chi connectivity index (χ3v) is 3.50. The Morgan fingerprint density at radius 3 is 2.50 bits per heavy atom. The Morgan fingerprint density at radius 1 is 1.25 bits per heavy atom. The standard InChI is InChI=1S/C13H18BrNO/c1-10-8-15(9-11(2)16-10)13-6-4-3-5-12(13)7-14/h3-6,10-11H,7-9H2,1-2H3/t10-,11+. The van der Waals surface area contributed by atoms with Gasteiger partial charge in [-0.05, 0) is 25.5 Å². The van der Waals surface area contributed by atoms with Crippen molar-refractivity contribution in [2.75, 3.05) is 18.0 Å². The van der Waals surface area contributed by atoms with E-state index in [1.165, 1.54) is 11.3 Å². The molecule has 88 valence electrons. The molecular formula is C13H18BrNO. The minimum atomic E-state index is 0.312. The lowest BCUT2D eigenvalue weighted by Gasteiger charge is -2.37. The van der Waals surface area contributed by atoms with E-state index in [4.69, 9.17) is 4.74 Å². The molecule has 0 amide bonds. The van der Waals surface area contributed by atoms with Gasteiger partial charge in [0.05, 0.1) is 12.2 Å². The van der Waals surface area contributed by atoms with E-state index in [-0.39, 0.29) is 0 Å². The molecule has 0 aliphatic carbocycles. The SMILES string of the molecule is C[C@@H]1CN(c2ccccc2CBr)C[C@H](C)O1. The summed E-state index contributed by atoms with van der Waals surface area (Å²) in [5.41, 5.74) is 2.69. The van der Waals surface area contributed by atoms with Gasteiger partial charge < -0.3 is 9.64 Å². The van der Waals surface area contributed by atoms with E-state index in [2.05, 4.69) is 58.9 Å². The van der Waals surface area contributed by atoms with E-state index in [0.29, 0.717) is 12.2 Å². The topological polar surface area (TPSA) is 12.5 Å². The van der Waals surface area contributed by atoms with Crippen LogP contribution in [0.15, 0.2) is 24.3 Å². The molecule has 0 aromatic heterocycles. The van der Waals surface area contributed by atoms with Crippen LogP contribution in [0.2, 0.25) is 0 Å². The summed E-state index contributed by atoms with van der Waals surface area (Å²) in [6, 6.07) is 8.57. The first-order chi connectivity index (χ1) is 7.70. The molecule has 1 heterocycles. The van der Waals surface area contributed by atoms with Crippen LogP contribution < -0.4 is 4.90 Å². The summed E-state index contributed by atoms with van der Waals surface area (Å²) in [5.74, 6) is 0. The van der Waals surface area contributed by atoms with Crippen molar-refractivity contribution >= 4 is 21.6 Å². The van der Waals surface area contributed by atoms with E-state index < -0.39 is 0 Å². The fourth-order valence-corrected chi connectivity index (χ4v) is 2.78. The number of alkyl halides is 1. The first-order valence-electron chi connectivity index (χ1n) is 5.75. The maximum absolute atomic E-state index is 5.76. The van der Waals surface area contributed by atoms with Gasteiger partial charge in [0, 0.05) is 24.1 Å². The smallest absolute Gasteiger partial charge is 0.0726 e. The Balaban J connectivity index is 2.22. The van der Waals surface area contributed by atoms with E-state index in [1.807, 2.05) is 0 Å². The zero-order chi connectivity index (χ0) is 11.5. The van der Waals surface area contributed by atoms with Crippen molar-refractivity contribution in [3.8, 4) is 0 Å². The number of morpholine rings is 1. The highest BCUT2D eigenvalue weighted by molar-refractivity contribution is 9.08. The maximum atomic E-state index is 5.76. The van der Waals surface area contributed by atoms with Crippen LogP contribution in [0, 0.1) is 0 Å². The van der Waals surface area contributed by atoms with Gasteiger partial charge in [-0.1, -0.05) is 34.1 Å². The number of hydrogen-bond donors (Lipinski definition) is 0. The van der Waals surface area contributed by atoms with E-state index in [1.54, 1.807) is 0 Å². The zero-order valence-corrected chi connectivity index (χ0v) is 11.4. The average molecular weight is 284 g/mol. The summed E-state index contributed by atoms with van der Waals surface area (Å²) in [4.78, 5) is 2.43. The van der Waals surface area contributed by atoms with E-state index in [0.717, 1.165) is 18.4 Å². The monoisotopic (exact) mass is 283 g/mol. The number of anilines is 1. The molecule has 0 unspecified atom stereocenters. The van der Waals surface area contributed by atoms with Gasteiger partial charge in [-0.15, -0.1) is 0 Å². The largest absolute Gasteiger partial charge is 0.372 e. The predicted octanol–water partition coefficient (Wildman–Crippen LogP) is 3.20. The molecule has 1 saturated heterocycles. The van der Waals surface area contributed by atoms with Crippen LogP contribution in [0.5, 0.6) is 0 Å². The number of nitrogens with zero attached hydrogens (tertiary/aromatic N) is 1. The molecule has 16 heavy (non-hydrogen) atoms. The number of hydrogen-bond acceptors (Lipinski definition) is 2. The summed E-state index contributed by atoms with van der Waals surface area (Å²) >= 11 is 3.55. The lowest BCUT2D eigenvalue weighted by molar-refractivity contribution is -0.00524. The average Bonchev–Trinajstić information content (AvgIpc) is 2.27. The third kappa shape index (κ3) is 2.58. The van der Waals surface area contributed by atoms with Crippen molar-refractivity contribution in [3.05, 3.63) is 29.8 Å². The quantitative estimate of drug-likeness (QED) is 0.773. The molecule has 0 saturated carbocycles. The summed E-state index contributed by atoms with van der Waals surface area (Å²) in [5, 5.41) is 0.906. The second-order valence-corrected chi connectivity index (χ2v) is 4.99. The van der Waals surface area contributed by atoms with Crippen molar-refractivity contribution in [3.63, 3.8) is 0 Å². The first kappa shape index (κ1) is 11.9. The van der Waals surface area contributed by atoms with Crippen LogP contribution in [0.3, 0.4) is 0 Å². The Kier molecular flexibility index (Phi) is 3.87. The molecule has 0 spiro atoms. The van der Waals surface area contributed by atoms with Gasteiger partial charge in [-0.25, -0.2) is 0 Å². The fourth-order valence-electron chi connectivity index (χ4n) is 2.31. The summed E-state index contributed by atoms with van der Waals surface area (Å²) in [6.45, 7) is 6.24. The minimum Gasteiger partial charge on any atom is -0.372 e. The number of ether oxygens (including phenoxy) is 1. The van der Waals surface area contributed by atoms with Crippen LogP contribution in [-0.4, -0.2) is 25.3 Å². The third-order valence-electron chi connectivity index (χ3n) is 2.90. The molecule has 0 radical (unpaired) electrons. The van der Waals surface area contributed by atoms with Gasteiger partial charge in [0.15, 0.2) is 0 Å². The molecule has 2 atom stereocenters. The van der Waals surface area contributed by atoms with Gasteiger partial charge in [0.25, 0.3) is 0 Å². The van der Waals surface area contributed by atoms with Crippen molar-refractivity contribution in [1.82, 2.24) is 0 Å². The van der Waals surface area contributed by atoms with Gasteiger partial charge >= 0.3 is 0 Å².